The molecule has 3 heterocycles. The number of hydrogen-bond donors (Lipinski definition) is 2. The van der Waals surface area contributed by atoms with Gasteiger partial charge in [-0.1, -0.05) is 0 Å². The number of halogens is 3. The van der Waals surface area contributed by atoms with Crippen LogP contribution in [-0.2, 0) is 12.7 Å². The van der Waals surface area contributed by atoms with E-state index >= 15 is 0 Å². The minimum absolute atomic E-state index is 0.0283. The van der Waals surface area contributed by atoms with E-state index in [0.717, 1.165) is 23.9 Å². The molecule has 0 radical (unpaired) electrons. The van der Waals surface area contributed by atoms with Crippen LogP contribution >= 0.6 is 0 Å². The van der Waals surface area contributed by atoms with Crippen LogP contribution in [-0.4, -0.2) is 30.4 Å². The van der Waals surface area contributed by atoms with E-state index in [2.05, 4.69) is 15.2 Å². The second kappa shape index (κ2) is 7.19. The molecule has 10 heteroatoms. The molecule has 0 aliphatic heterocycles. The highest BCUT2D eigenvalue weighted by atomic mass is 19.4. The summed E-state index contributed by atoms with van der Waals surface area (Å²) < 4.78 is 41.9. The SMILES string of the molecule is CCn1nc(C2CC2c2ccnc(C(F)(F)F)c2)cc1-c1ccc(=N)n(C(C)=N)n1. The molecule has 156 valence electrons. The fraction of sp³-hybridized carbons (Fsp3) is 0.350. The van der Waals surface area contributed by atoms with Gasteiger partial charge in [0.1, 0.15) is 22.7 Å². The Labute approximate surface area is 170 Å². The van der Waals surface area contributed by atoms with Gasteiger partial charge in [0.2, 0.25) is 0 Å². The molecule has 0 saturated heterocycles. The molecule has 3 aromatic heterocycles. The fourth-order valence-electron chi connectivity index (χ4n) is 3.60. The number of nitrogens with one attached hydrogen (secondary N) is 2. The van der Waals surface area contributed by atoms with Crippen LogP contribution < -0.4 is 5.49 Å². The number of hydrogen-bond acceptors (Lipinski definition) is 5. The Morgan fingerprint density at radius 3 is 2.60 bits per heavy atom. The largest absolute Gasteiger partial charge is 0.433 e. The maximum Gasteiger partial charge on any atom is 0.433 e. The molecule has 0 aromatic carbocycles. The van der Waals surface area contributed by atoms with Crippen molar-refractivity contribution in [1.29, 1.82) is 10.8 Å². The Hall–Kier alpha value is -3.30. The molecular weight excluding hydrogens is 395 g/mol. The zero-order valence-corrected chi connectivity index (χ0v) is 16.4. The van der Waals surface area contributed by atoms with E-state index in [1.54, 1.807) is 29.8 Å². The maximum absolute atomic E-state index is 13.0. The molecular formula is C20H20F3N7. The quantitative estimate of drug-likeness (QED) is 0.501. The van der Waals surface area contributed by atoms with Gasteiger partial charge < -0.3 is 0 Å². The molecule has 4 rings (SSSR count). The Morgan fingerprint density at radius 1 is 1.17 bits per heavy atom. The molecule has 1 saturated carbocycles. The lowest BCUT2D eigenvalue weighted by Crippen LogP contribution is -2.27. The van der Waals surface area contributed by atoms with Crippen molar-refractivity contribution in [2.24, 2.45) is 0 Å². The highest BCUT2D eigenvalue weighted by molar-refractivity contribution is 5.77. The highest BCUT2D eigenvalue weighted by Crippen LogP contribution is 2.54. The first-order valence-electron chi connectivity index (χ1n) is 9.50. The van der Waals surface area contributed by atoms with Crippen LogP contribution in [0.5, 0.6) is 0 Å². The Kier molecular flexibility index (Phi) is 4.79. The summed E-state index contributed by atoms with van der Waals surface area (Å²) in [6.45, 7) is 4.09. The second-order valence-corrected chi connectivity index (χ2v) is 7.29. The van der Waals surface area contributed by atoms with E-state index in [4.69, 9.17) is 10.8 Å². The number of rotatable bonds is 4. The van der Waals surface area contributed by atoms with Crippen molar-refractivity contribution in [1.82, 2.24) is 24.5 Å². The van der Waals surface area contributed by atoms with E-state index in [1.807, 2.05) is 13.0 Å². The first-order valence-corrected chi connectivity index (χ1v) is 9.50. The topological polar surface area (TPSA) is 96.2 Å². The van der Waals surface area contributed by atoms with Crippen molar-refractivity contribution in [2.75, 3.05) is 0 Å². The van der Waals surface area contributed by atoms with E-state index in [1.165, 1.54) is 10.9 Å². The average molecular weight is 415 g/mol. The Balaban J connectivity index is 1.64. The first-order chi connectivity index (χ1) is 14.2. The minimum atomic E-state index is -4.46. The molecule has 1 fully saturated rings. The van der Waals surface area contributed by atoms with Gasteiger partial charge in [0.05, 0.1) is 11.4 Å². The van der Waals surface area contributed by atoms with E-state index in [9.17, 15) is 13.2 Å². The predicted octanol–water partition coefficient (Wildman–Crippen LogP) is 3.78. The summed E-state index contributed by atoms with van der Waals surface area (Å²) in [5.74, 6) is 0.136. The summed E-state index contributed by atoms with van der Waals surface area (Å²) in [6.07, 6.45) is -2.54. The molecule has 3 aromatic rings. The predicted molar refractivity (Wildman–Crippen MR) is 103 cm³/mol. The van der Waals surface area contributed by atoms with Gasteiger partial charge in [-0.2, -0.15) is 23.4 Å². The van der Waals surface area contributed by atoms with Crippen LogP contribution in [0.25, 0.3) is 11.4 Å². The third kappa shape index (κ3) is 3.64. The van der Waals surface area contributed by atoms with Gasteiger partial charge in [-0.3, -0.25) is 20.5 Å². The Bertz CT molecular complexity index is 1180. The van der Waals surface area contributed by atoms with Crippen molar-refractivity contribution in [3.8, 4) is 11.4 Å². The van der Waals surface area contributed by atoms with Gasteiger partial charge >= 0.3 is 6.18 Å². The molecule has 7 nitrogen and oxygen atoms in total. The molecule has 2 N–H and O–H groups in total. The number of pyridine rings is 1. The van der Waals surface area contributed by atoms with E-state index in [0.29, 0.717) is 17.8 Å². The number of aromatic nitrogens is 5. The van der Waals surface area contributed by atoms with Crippen LogP contribution in [0.1, 0.15) is 49.1 Å². The summed E-state index contributed by atoms with van der Waals surface area (Å²) in [5, 5.41) is 24.7. The van der Waals surface area contributed by atoms with Crippen molar-refractivity contribution in [2.45, 2.75) is 44.8 Å². The summed E-state index contributed by atoms with van der Waals surface area (Å²) in [5.41, 5.74) is 1.98. The zero-order chi connectivity index (χ0) is 21.6. The van der Waals surface area contributed by atoms with E-state index in [-0.39, 0.29) is 23.2 Å². The lowest BCUT2D eigenvalue weighted by Gasteiger charge is -2.07. The van der Waals surface area contributed by atoms with Crippen molar-refractivity contribution in [3.63, 3.8) is 0 Å². The van der Waals surface area contributed by atoms with Gasteiger partial charge in [0.25, 0.3) is 0 Å². The molecule has 0 bridgehead atoms. The Morgan fingerprint density at radius 2 is 1.93 bits per heavy atom. The standard InChI is InChI=1S/C20H20F3N7/c1-3-29-17(15-4-5-19(25)30(28-15)11(2)24)10-16(27-29)14-9-13(14)12-6-7-26-18(8-12)20(21,22)23/h4-8,10,13-14,24-25H,3,9H2,1-2H3. The summed E-state index contributed by atoms with van der Waals surface area (Å²) in [6, 6.07) is 7.92. The van der Waals surface area contributed by atoms with Crippen LogP contribution in [0.3, 0.4) is 0 Å². The monoisotopic (exact) mass is 415 g/mol. The zero-order valence-electron chi connectivity index (χ0n) is 16.4. The third-order valence-electron chi connectivity index (χ3n) is 5.19. The number of alkyl halides is 3. The smallest absolute Gasteiger partial charge is 0.287 e. The fourth-order valence-corrected chi connectivity index (χ4v) is 3.60. The lowest BCUT2D eigenvalue weighted by atomic mass is 10.1. The van der Waals surface area contributed by atoms with Crippen LogP contribution in [0.15, 0.2) is 36.5 Å². The molecule has 30 heavy (non-hydrogen) atoms. The summed E-state index contributed by atoms with van der Waals surface area (Å²) >= 11 is 0. The van der Waals surface area contributed by atoms with Crippen molar-refractivity contribution in [3.05, 3.63) is 59.0 Å². The molecule has 0 amide bonds. The van der Waals surface area contributed by atoms with Crippen LogP contribution in [0, 0.1) is 10.8 Å². The molecule has 2 atom stereocenters. The van der Waals surface area contributed by atoms with E-state index < -0.39 is 11.9 Å². The van der Waals surface area contributed by atoms with Gasteiger partial charge in [-0.05, 0) is 62.1 Å². The number of nitrogens with zero attached hydrogens (tertiary/aromatic N) is 5. The lowest BCUT2D eigenvalue weighted by molar-refractivity contribution is -0.141. The highest BCUT2D eigenvalue weighted by Gasteiger charge is 2.43. The first kappa shape index (κ1) is 20.0. The van der Waals surface area contributed by atoms with Gasteiger partial charge in [-0.25, -0.2) is 4.68 Å². The van der Waals surface area contributed by atoms with Gasteiger partial charge in [0.15, 0.2) is 0 Å². The van der Waals surface area contributed by atoms with Crippen LogP contribution in [0.4, 0.5) is 13.2 Å². The number of aryl methyl sites for hydroxylation is 1. The van der Waals surface area contributed by atoms with Gasteiger partial charge in [-0.15, -0.1) is 0 Å². The van der Waals surface area contributed by atoms with Crippen molar-refractivity contribution < 1.29 is 13.2 Å². The maximum atomic E-state index is 13.0. The minimum Gasteiger partial charge on any atom is -0.287 e. The van der Waals surface area contributed by atoms with Crippen molar-refractivity contribution >= 4 is 5.84 Å². The summed E-state index contributed by atoms with van der Waals surface area (Å²) in [4.78, 5) is 3.43. The van der Waals surface area contributed by atoms with Crippen LogP contribution in [0.2, 0.25) is 0 Å². The third-order valence-corrected chi connectivity index (χ3v) is 5.19. The molecule has 1 aliphatic carbocycles. The second-order valence-electron chi connectivity index (χ2n) is 7.29. The normalized spacial score (nSPS) is 18.4. The molecule has 2 unspecified atom stereocenters. The summed E-state index contributed by atoms with van der Waals surface area (Å²) in [7, 11) is 0. The molecule has 0 spiro atoms. The average Bonchev–Trinajstić information content (AvgIpc) is 3.39. The molecule has 1 aliphatic rings. The van der Waals surface area contributed by atoms with Gasteiger partial charge in [0, 0.05) is 18.7 Å².